The second-order valence-corrected chi connectivity index (χ2v) is 4.27. The molecule has 0 rings (SSSR count). The van der Waals surface area contributed by atoms with Crippen molar-refractivity contribution in [3.8, 4) is 0 Å². The van der Waals surface area contributed by atoms with Gasteiger partial charge in [-0.05, 0) is 12.8 Å². The molecule has 0 saturated heterocycles. The molecule has 0 aromatic carbocycles. The maximum absolute atomic E-state index is 11.7. The summed E-state index contributed by atoms with van der Waals surface area (Å²) in [5.41, 5.74) is 5.62. The molecular weight excluding hydrogens is 188 g/mol. The Morgan fingerprint density at radius 1 is 1.27 bits per heavy atom. The summed E-state index contributed by atoms with van der Waals surface area (Å²) in [5.74, 6) is 0.272. The zero-order valence-corrected chi connectivity index (χ0v) is 10.4. The molecule has 0 aliphatic rings. The molecule has 90 valence electrons. The number of amides is 1. The molecule has 0 aliphatic heterocycles. The van der Waals surface area contributed by atoms with Gasteiger partial charge in [0.25, 0.3) is 0 Å². The van der Waals surface area contributed by atoms with Gasteiger partial charge in [-0.2, -0.15) is 0 Å². The molecule has 0 aromatic rings. The van der Waals surface area contributed by atoms with Crippen molar-refractivity contribution in [3.05, 3.63) is 0 Å². The van der Waals surface area contributed by atoms with Crippen molar-refractivity contribution >= 4 is 5.91 Å². The average molecular weight is 214 g/mol. The van der Waals surface area contributed by atoms with Crippen LogP contribution in [-0.2, 0) is 4.79 Å². The average Bonchev–Trinajstić information content (AvgIpc) is 2.24. The summed E-state index contributed by atoms with van der Waals surface area (Å²) < 4.78 is 0. The molecule has 0 aromatic heterocycles. The van der Waals surface area contributed by atoms with Crippen LogP contribution in [0.5, 0.6) is 0 Å². The third-order valence-electron chi connectivity index (χ3n) is 2.71. The monoisotopic (exact) mass is 214 g/mol. The predicted molar refractivity (Wildman–Crippen MR) is 64.6 cm³/mol. The summed E-state index contributed by atoms with van der Waals surface area (Å²) >= 11 is 0. The van der Waals surface area contributed by atoms with Crippen LogP contribution in [0, 0.1) is 5.92 Å². The van der Waals surface area contributed by atoms with Crippen molar-refractivity contribution in [1.29, 1.82) is 0 Å². The van der Waals surface area contributed by atoms with Crippen LogP contribution in [0.3, 0.4) is 0 Å². The molecule has 3 heteroatoms. The van der Waals surface area contributed by atoms with Crippen molar-refractivity contribution in [2.45, 2.75) is 58.9 Å². The van der Waals surface area contributed by atoms with Gasteiger partial charge in [-0.1, -0.05) is 40.0 Å². The fourth-order valence-corrected chi connectivity index (χ4v) is 1.61. The van der Waals surface area contributed by atoms with Crippen LogP contribution in [0.15, 0.2) is 0 Å². The maximum Gasteiger partial charge on any atom is 0.223 e. The van der Waals surface area contributed by atoms with Crippen LogP contribution in [0.4, 0.5) is 0 Å². The van der Waals surface area contributed by atoms with Crippen LogP contribution in [0.25, 0.3) is 0 Å². The molecular formula is C12H26N2O. The zero-order valence-electron chi connectivity index (χ0n) is 10.4. The Labute approximate surface area is 93.8 Å². The largest absolute Gasteiger partial charge is 0.352 e. The number of hydrogen-bond donors (Lipinski definition) is 2. The number of carbonyl (C=O) groups is 1. The predicted octanol–water partition coefficient (Wildman–Crippen LogP) is 2.06. The van der Waals surface area contributed by atoms with E-state index in [1.165, 1.54) is 0 Å². The molecule has 2 unspecified atom stereocenters. The second-order valence-electron chi connectivity index (χ2n) is 4.27. The molecule has 0 radical (unpaired) electrons. The molecule has 0 aliphatic carbocycles. The molecule has 0 saturated carbocycles. The Morgan fingerprint density at radius 2 is 1.93 bits per heavy atom. The summed E-state index contributed by atoms with van der Waals surface area (Å²) in [6, 6.07) is 0.164. The third-order valence-corrected chi connectivity index (χ3v) is 2.71. The van der Waals surface area contributed by atoms with E-state index in [-0.39, 0.29) is 17.9 Å². The molecule has 0 fully saturated rings. The molecule has 0 heterocycles. The Morgan fingerprint density at radius 3 is 2.40 bits per heavy atom. The number of nitrogens with one attached hydrogen (secondary N) is 1. The summed E-state index contributed by atoms with van der Waals surface area (Å²) in [4.78, 5) is 11.7. The van der Waals surface area contributed by atoms with Crippen LogP contribution < -0.4 is 11.1 Å². The van der Waals surface area contributed by atoms with Gasteiger partial charge in [-0.3, -0.25) is 4.79 Å². The third kappa shape index (κ3) is 6.50. The molecule has 1 amide bonds. The van der Waals surface area contributed by atoms with Gasteiger partial charge in [0.2, 0.25) is 5.91 Å². The molecule has 2 atom stereocenters. The number of nitrogens with two attached hydrogens (primary N) is 1. The minimum atomic E-state index is 0.116. The first-order chi connectivity index (χ1) is 7.15. The highest BCUT2D eigenvalue weighted by Crippen LogP contribution is 2.06. The van der Waals surface area contributed by atoms with E-state index in [0.717, 1.165) is 32.1 Å². The minimum Gasteiger partial charge on any atom is -0.352 e. The van der Waals surface area contributed by atoms with Gasteiger partial charge in [0.05, 0.1) is 0 Å². The number of rotatable bonds is 8. The first kappa shape index (κ1) is 14.4. The van der Waals surface area contributed by atoms with E-state index in [9.17, 15) is 4.79 Å². The first-order valence-electron chi connectivity index (χ1n) is 6.16. The Bertz CT molecular complexity index is 171. The normalized spacial score (nSPS) is 14.7. The van der Waals surface area contributed by atoms with E-state index in [4.69, 9.17) is 5.73 Å². The van der Waals surface area contributed by atoms with Crippen molar-refractivity contribution in [1.82, 2.24) is 5.32 Å². The molecule has 3 nitrogen and oxygen atoms in total. The van der Waals surface area contributed by atoms with Crippen molar-refractivity contribution in [3.63, 3.8) is 0 Å². The van der Waals surface area contributed by atoms with Crippen LogP contribution in [0.2, 0.25) is 0 Å². The highest BCUT2D eigenvalue weighted by atomic mass is 16.1. The van der Waals surface area contributed by atoms with Gasteiger partial charge in [0, 0.05) is 18.5 Å². The Hall–Kier alpha value is -0.570. The van der Waals surface area contributed by atoms with Crippen LogP contribution >= 0.6 is 0 Å². The Kier molecular flexibility index (Phi) is 8.38. The van der Waals surface area contributed by atoms with E-state index in [2.05, 4.69) is 19.2 Å². The zero-order chi connectivity index (χ0) is 11.7. The van der Waals surface area contributed by atoms with Gasteiger partial charge in [-0.25, -0.2) is 0 Å². The van der Waals surface area contributed by atoms with E-state index in [1.54, 1.807) is 0 Å². The number of hydrogen-bond acceptors (Lipinski definition) is 2. The van der Waals surface area contributed by atoms with Gasteiger partial charge in [0.15, 0.2) is 0 Å². The lowest BCUT2D eigenvalue weighted by Gasteiger charge is -2.19. The van der Waals surface area contributed by atoms with E-state index >= 15 is 0 Å². The van der Waals surface area contributed by atoms with Gasteiger partial charge in [-0.15, -0.1) is 0 Å². The van der Waals surface area contributed by atoms with E-state index in [1.807, 2.05) is 6.92 Å². The lowest BCUT2D eigenvalue weighted by molar-refractivity contribution is -0.125. The van der Waals surface area contributed by atoms with Gasteiger partial charge >= 0.3 is 0 Å². The molecule has 15 heavy (non-hydrogen) atoms. The number of unbranched alkanes of at least 4 members (excludes halogenated alkanes) is 1. The van der Waals surface area contributed by atoms with E-state index in [0.29, 0.717) is 6.54 Å². The fourth-order valence-electron chi connectivity index (χ4n) is 1.61. The molecule has 0 bridgehead atoms. The highest BCUT2D eigenvalue weighted by molar-refractivity contribution is 5.78. The Balaban J connectivity index is 3.88. The fraction of sp³-hybridized carbons (Fsp3) is 0.917. The minimum absolute atomic E-state index is 0.116. The molecule has 3 N–H and O–H groups in total. The molecule has 0 spiro atoms. The van der Waals surface area contributed by atoms with Crippen LogP contribution in [-0.4, -0.2) is 18.5 Å². The summed E-state index contributed by atoms with van der Waals surface area (Å²) in [6.07, 6.45) is 5.28. The summed E-state index contributed by atoms with van der Waals surface area (Å²) in [6.45, 7) is 6.77. The lowest BCUT2D eigenvalue weighted by Crippen LogP contribution is -2.42. The highest BCUT2D eigenvalue weighted by Gasteiger charge is 2.15. The summed E-state index contributed by atoms with van der Waals surface area (Å²) in [5, 5.41) is 3.02. The SMILES string of the molecule is CCCCC(CN)NC(=O)C(C)CCC. The number of carbonyl (C=O) groups excluding carboxylic acids is 1. The standard InChI is InChI=1S/C12H26N2O/c1-4-6-8-11(9-13)14-12(15)10(3)7-5-2/h10-11H,4-9,13H2,1-3H3,(H,14,15). The second kappa shape index (κ2) is 8.72. The maximum atomic E-state index is 11.7. The smallest absolute Gasteiger partial charge is 0.223 e. The van der Waals surface area contributed by atoms with Crippen molar-refractivity contribution in [2.24, 2.45) is 11.7 Å². The summed E-state index contributed by atoms with van der Waals surface area (Å²) in [7, 11) is 0. The topological polar surface area (TPSA) is 55.1 Å². The van der Waals surface area contributed by atoms with Crippen molar-refractivity contribution < 1.29 is 4.79 Å². The first-order valence-corrected chi connectivity index (χ1v) is 6.16. The van der Waals surface area contributed by atoms with Crippen LogP contribution in [0.1, 0.15) is 52.9 Å². The van der Waals surface area contributed by atoms with Crippen molar-refractivity contribution in [2.75, 3.05) is 6.54 Å². The quantitative estimate of drug-likeness (QED) is 0.650. The van der Waals surface area contributed by atoms with E-state index < -0.39 is 0 Å². The van der Waals surface area contributed by atoms with Gasteiger partial charge < -0.3 is 11.1 Å². The van der Waals surface area contributed by atoms with Gasteiger partial charge in [0.1, 0.15) is 0 Å². The lowest BCUT2D eigenvalue weighted by atomic mass is 10.0.